The molecular weight excluding hydrogens is 158 g/mol. The van der Waals surface area contributed by atoms with Gasteiger partial charge in [0.2, 0.25) is 0 Å². The van der Waals surface area contributed by atoms with E-state index < -0.39 is 0 Å². The summed E-state index contributed by atoms with van der Waals surface area (Å²) in [6, 6.07) is 0.680. The Kier molecular flexibility index (Phi) is 2.59. The first-order valence-corrected chi connectivity index (χ1v) is 5.18. The highest BCUT2D eigenvalue weighted by Crippen LogP contribution is 2.62. The number of nitrogens with one attached hydrogen (secondary N) is 1. The molecule has 1 saturated carbocycles. The molecule has 0 heterocycles. The fourth-order valence-electron chi connectivity index (χ4n) is 2.14. The highest BCUT2D eigenvalue weighted by Gasteiger charge is 2.64. The molecule has 1 aliphatic carbocycles. The normalized spacial score (nSPS) is 24.4. The average molecular weight is 181 g/mol. The van der Waals surface area contributed by atoms with Crippen LogP contribution in [0.2, 0.25) is 0 Å². The molecule has 1 nitrogen and oxygen atoms in total. The van der Waals surface area contributed by atoms with Crippen molar-refractivity contribution >= 4 is 0 Å². The van der Waals surface area contributed by atoms with E-state index in [0.29, 0.717) is 16.9 Å². The standard InChI is InChI=1S/C12H23N/c1-9(2)7-8-13-10-11(3,4)12(10,5)6/h10,13H,1,7-8H2,2-6H3. The predicted octanol–water partition coefficient (Wildman–Crippen LogP) is 2.98. The molecule has 0 saturated heterocycles. The van der Waals surface area contributed by atoms with Gasteiger partial charge >= 0.3 is 0 Å². The maximum atomic E-state index is 3.91. The van der Waals surface area contributed by atoms with E-state index >= 15 is 0 Å². The minimum atomic E-state index is 0.460. The molecule has 1 N–H and O–H groups in total. The van der Waals surface area contributed by atoms with Gasteiger partial charge in [-0.15, -0.1) is 6.58 Å². The van der Waals surface area contributed by atoms with E-state index in [1.54, 1.807) is 0 Å². The van der Waals surface area contributed by atoms with Crippen molar-refractivity contribution in [2.75, 3.05) is 6.54 Å². The molecule has 0 radical (unpaired) electrons. The molecule has 76 valence electrons. The summed E-state index contributed by atoms with van der Waals surface area (Å²) in [5.41, 5.74) is 2.19. The number of rotatable bonds is 4. The van der Waals surface area contributed by atoms with Gasteiger partial charge in [-0.1, -0.05) is 33.3 Å². The van der Waals surface area contributed by atoms with Gasteiger partial charge in [0.15, 0.2) is 0 Å². The maximum Gasteiger partial charge on any atom is 0.0181 e. The van der Waals surface area contributed by atoms with E-state index in [9.17, 15) is 0 Å². The summed E-state index contributed by atoms with van der Waals surface area (Å²) in [6.45, 7) is 16.4. The van der Waals surface area contributed by atoms with Crippen LogP contribution < -0.4 is 5.32 Å². The Morgan fingerprint density at radius 2 is 1.69 bits per heavy atom. The molecule has 13 heavy (non-hydrogen) atoms. The van der Waals surface area contributed by atoms with Gasteiger partial charge in [0.1, 0.15) is 0 Å². The van der Waals surface area contributed by atoms with Crippen molar-refractivity contribution in [1.29, 1.82) is 0 Å². The fraction of sp³-hybridized carbons (Fsp3) is 0.833. The fourth-order valence-corrected chi connectivity index (χ4v) is 2.14. The van der Waals surface area contributed by atoms with Crippen LogP contribution in [-0.4, -0.2) is 12.6 Å². The second-order valence-corrected chi connectivity index (χ2v) is 5.54. The molecule has 0 spiro atoms. The van der Waals surface area contributed by atoms with Gasteiger partial charge in [0.25, 0.3) is 0 Å². The summed E-state index contributed by atoms with van der Waals surface area (Å²) >= 11 is 0. The lowest BCUT2D eigenvalue weighted by Gasteiger charge is -2.05. The maximum absolute atomic E-state index is 3.91. The summed E-state index contributed by atoms with van der Waals surface area (Å²) < 4.78 is 0. The van der Waals surface area contributed by atoms with Gasteiger partial charge in [-0.3, -0.25) is 0 Å². The van der Waals surface area contributed by atoms with Crippen LogP contribution in [-0.2, 0) is 0 Å². The van der Waals surface area contributed by atoms with Crippen molar-refractivity contribution in [3.05, 3.63) is 12.2 Å². The van der Waals surface area contributed by atoms with Crippen LogP contribution in [0.25, 0.3) is 0 Å². The van der Waals surface area contributed by atoms with Crippen molar-refractivity contribution in [3.63, 3.8) is 0 Å². The van der Waals surface area contributed by atoms with Gasteiger partial charge in [-0.25, -0.2) is 0 Å². The molecule has 0 atom stereocenters. The summed E-state index contributed by atoms with van der Waals surface area (Å²) in [7, 11) is 0. The Morgan fingerprint density at radius 3 is 2.00 bits per heavy atom. The second-order valence-electron chi connectivity index (χ2n) is 5.54. The van der Waals surface area contributed by atoms with Crippen molar-refractivity contribution < 1.29 is 0 Å². The minimum absolute atomic E-state index is 0.460. The van der Waals surface area contributed by atoms with Gasteiger partial charge in [0.05, 0.1) is 0 Å². The van der Waals surface area contributed by atoms with Crippen LogP contribution >= 0.6 is 0 Å². The molecule has 1 heteroatoms. The third kappa shape index (κ3) is 1.80. The molecule has 1 fully saturated rings. The Morgan fingerprint density at radius 1 is 1.23 bits per heavy atom. The lowest BCUT2D eigenvalue weighted by molar-refractivity contribution is 0.457. The zero-order valence-electron chi connectivity index (χ0n) is 9.70. The zero-order chi connectivity index (χ0) is 10.3. The van der Waals surface area contributed by atoms with E-state index in [2.05, 4.69) is 46.5 Å². The van der Waals surface area contributed by atoms with Crippen LogP contribution in [0, 0.1) is 10.8 Å². The first-order valence-electron chi connectivity index (χ1n) is 5.18. The topological polar surface area (TPSA) is 12.0 Å². The second kappa shape index (κ2) is 3.13. The van der Waals surface area contributed by atoms with Gasteiger partial charge in [0, 0.05) is 6.04 Å². The largest absolute Gasteiger partial charge is 0.313 e. The van der Waals surface area contributed by atoms with Gasteiger partial charge in [-0.05, 0) is 30.7 Å². The van der Waals surface area contributed by atoms with Crippen molar-refractivity contribution in [2.24, 2.45) is 10.8 Å². The van der Waals surface area contributed by atoms with Gasteiger partial charge in [-0.2, -0.15) is 0 Å². The van der Waals surface area contributed by atoms with Crippen molar-refractivity contribution in [3.8, 4) is 0 Å². The molecule has 1 aliphatic rings. The summed E-state index contributed by atoms with van der Waals surface area (Å²) in [5.74, 6) is 0. The highest BCUT2D eigenvalue weighted by molar-refractivity contribution is 5.17. The first kappa shape index (κ1) is 10.8. The SMILES string of the molecule is C=C(C)CCNC1C(C)(C)C1(C)C. The molecule has 0 aliphatic heterocycles. The van der Waals surface area contributed by atoms with Crippen LogP contribution in [0.1, 0.15) is 41.0 Å². The highest BCUT2D eigenvalue weighted by atomic mass is 15.0. The van der Waals surface area contributed by atoms with Crippen LogP contribution in [0.15, 0.2) is 12.2 Å². The molecule has 1 rings (SSSR count). The Balaban J connectivity index is 2.30. The van der Waals surface area contributed by atoms with E-state index in [0.717, 1.165) is 13.0 Å². The molecule has 0 aromatic rings. The lowest BCUT2D eigenvalue weighted by Crippen LogP contribution is -2.23. The number of hydrogen-bond donors (Lipinski definition) is 1. The molecular formula is C12H23N. The number of hydrogen-bond acceptors (Lipinski definition) is 1. The van der Waals surface area contributed by atoms with E-state index in [1.807, 2.05) is 0 Å². The van der Waals surface area contributed by atoms with Crippen LogP contribution in [0.3, 0.4) is 0 Å². The smallest absolute Gasteiger partial charge is 0.0181 e. The average Bonchev–Trinajstić information content (AvgIpc) is 2.30. The van der Waals surface area contributed by atoms with Crippen molar-refractivity contribution in [1.82, 2.24) is 5.32 Å². The van der Waals surface area contributed by atoms with E-state index in [-0.39, 0.29) is 0 Å². The lowest BCUT2D eigenvalue weighted by atomic mass is 10.0. The minimum Gasteiger partial charge on any atom is -0.313 e. The molecule has 0 amide bonds. The van der Waals surface area contributed by atoms with Gasteiger partial charge < -0.3 is 5.32 Å². The predicted molar refractivity (Wildman–Crippen MR) is 58.8 cm³/mol. The summed E-state index contributed by atoms with van der Waals surface area (Å²) in [6.07, 6.45) is 1.10. The quantitative estimate of drug-likeness (QED) is 0.657. The summed E-state index contributed by atoms with van der Waals surface area (Å²) in [5, 5.41) is 3.61. The van der Waals surface area contributed by atoms with E-state index in [4.69, 9.17) is 0 Å². The Hall–Kier alpha value is -0.300. The van der Waals surface area contributed by atoms with Crippen LogP contribution in [0.4, 0.5) is 0 Å². The molecule has 0 unspecified atom stereocenters. The van der Waals surface area contributed by atoms with E-state index in [1.165, 1.54) is 5.57 Å². The first-order chi connectivity index (χ1) is 5.80. The monoisotopic (exact) mass is 181 g/mol. The van der Waals surface area contributed by atoms with Crippen molar-refractivity contribution in [2.45, 2.75) is 47.1 Å². The molecule has 0 bridgehead atoms. The third-order valence-electron chi connectivity index (χ3n) is 3.92. The zero-order valence-corrected chi connectivity index (χ0v) is 9.70. The Bertz CT molecular complexity index is 199. The molecule has 0 aromatic carbocycles. The summed E-state index contributed by atoms with van der Waals surface area (Å²) in [4.78, 5) is 0. The third-order valence-corrected chi connectivity index (χ3v) is 3.92. The molecule has 0 aromatic heterocycles. The van der Waals surface area contributed by atoms with Crippen LogP contribution in [0.5, 0.6) is 0 Å². The Labute approximate surface area is 82.6 Å².